The van der Waals surface area contributed by atoms with Gasteiger partial charge in [-0.1, -0.05) is 164 Å². The van der Waals surface area contributed by atoms with Crippen molar-refractivity contribution in [2.24, 2.45) is 15.8 Å². The first-order valence-electron chi connectivity index (χ1n) is 29.9. The van der Waals surface area contributed by atoms with Gasteiger partial charge in [-0.25, -0.2) is 0 Å². The van der Waals surface area contributed by atoms with Gasteiger partial charge in [0.1, 0.15) is 8.07 Å². The van der Waals surface area contributed by atoms with Crippen molar-refractivity contribution in [2.75, 3.05) is 45.6 Å². The summed E-state index contributed by atoms with van der Waals surface area (Å²) in [5.41, 5.74) is 13.9. The highest BCUT2D eigenvalue weighted by Crippen LogP contribution is 2.44. The van der Waals surface area contributed by atoms with E-state index >= 15 is 0 Å². The summed E-state index contributed by atoms with van der Waals surface area (Å²) in [5.74, 6) is -0.0309. The molecule has 1 aliphatic heterocycles. The third-order valence-electron chi connectivity index (χ3n) is 17.0. The second kappa shape index (κ2) is 26.2. The number of nitrogens with one attached hydrogen (secondary N) is 3. The van der Waals surface area contributed by atoms with E-state index in [1.165, 1.54) is 38.2 Å². The highest BCUT2D eigenvalue weighted by atomic mass is 28.3. The van der Waals surface area contributed by atoms with E-state index in [4.69, 9.17) is 0 Å². The Labute approximate surface area is 504 Å². The molecule has 0 radical (unpaired) electrons. The zero-order valence-electron chi connectivity index (χ0n) is 51.5. The molecule has 1 aliphatic carbocycles. The van der Waals surface area contributed by atoms with Crippen molar-refractivity contribution in [2.45, 2.75) is 101 Å². The molecule has 440 valence electrons. The third kappa shape index (κ3) is 13.9. The number of amides is 2. The van der Waals surface area contributed by atoms with Gasteiger partial charge < -0.3 is 36.0 Å². The molecule has 85 heavy (non-hydrogen) atoms. The number of aliphatic imine (C=N–C) groups is 1. The van der Waals surface area contributed by atoms with Crippen LogP contribution in [0.25, 0.3) is 38.2 Å². The van der Waals surface area contributed by atoms with Gasteiger partial charge in [-0.05, 0) is 160 Å². The number of rotatable bonds is 21. The van der Waals surface area contributed by atoms with E-state index in [1.54, 1.807) is 12.1 Å². The molecule has 12 nitrogen and oxygen atoms in total. The molecule has 0 bridgehead atoms. The standard InChI is InChI=1S/C70H84B2N6O6Si/c1-46-26-27-47(38-58(46)66-56-32-29-51(73-8)40-64(56)85(10,11)65-41-52(74-9)30-33-57(65)66)48-28-31-55-59(39-48)61(45-78(37-19-35-76-68(80)70(5,6)7)43-50-21-13-17-25-63(50)72(83)84)54-23-15-14-22-53(54)60(55)44-77(36-18-34-75-67(79)69(2,3)4)42-49-20-12-16-24-62(49)71(81)82/h12-17,20-33,38-41,73,81-84H,18-19,34-37,42-45H2,1-11H3,(H,75,79)(H,76,80). The molecule has 0 saturated heterocycles. The lowest BCUT2D eigenvalue weighted by atomic mass is 9.77. The Hall–Kier alpha value is -7.20. The fourth-order valence-electron chi connectivity index (χ4n) is 12.1. The first-order valence-corrected chi connectivity index (χ1v) is 32.9. The predicted octanol–water partition coefficient (Wildman–Crippen LogP) is 9.32. The molecule has 7 aromatic carbocycles. The summed E-state index contributed by atoms with van der Waals surface area (Å²) in [4.78, 5) is 35.6. The van der Waals surface area contributed by atoms with Gasteiger partial charge in [0.15, 0.2) is 0 Å². The van der Waals surface area contributed by atoms with E-state index in [1.807, 2.05) is 92.0 Å². The van der Waals surface area contributed by atoms with E-state index in [-0.39, 0.29) is 11.8 Å². The van der Waals surface area contributed by atoms with Crippen LogP contribution in [0.1, 0.15) is 93.3 Å². The van der Waals surface area contributed by atoms with E-state index in [9.17, 15) is 29.7 Å². The van der Waals surface area contributed by atoms with E-state index in [2.05, 4.69) is 148 Å². The van der Waals surface area contributed by atoms with Crippen LogP contribution < -0.4 is 32.1 Å². The van der Waals surface area contributed by atoms with E-state index in [0.29, 0.717) is 76.1 Å². The van der Waals surface area contributed by atoms with Gasteiger partial charge in [-0.2, -0.15) is 0 Å². The number of hydrogen-bond donors (Lipinski definition) is 7. The van der Waals surface area contributed by atoms with Gasteiger partial charge in [0.2, 0.25) is 11.8 Å². The maximum Gasteiger partial charge on any atom is 0.488 e. The molecule has 15 heteroatoms. The number of anilines is 1. The summed E-state index contributed by atoms with van der Waals surface area (Å²) >= 11 is 0. The fraction of sp³-hybridized carbons (Fsp3) is 0.329. The van der Waals surface area contributed by atoms with Crippen LogP contribution in [0.2, 0.25) is 13.1 Å². The molecule has 0 fully saturated rings. The van der Waals surface area contributed by atoms with Crippen molar-refractivity contribution >= 4 is 88.8 Å². The van der Waals surface area contributed by atoms with Crippen LogP contribution in [0.5, 0.6) is 0 Å². The highest BCUT2D eigenvalue weighted by Gasteiger charge is 2.40. The summed E-state index contributed by atoms with van der Waals surface area (Å²) in [7, 11) is -1.68. The van der Waals surface area contributed by atoms with Crippen LogP contribution in [0.3, 0.4) is 0 Å². The maximum atomic E-state index is 13.1. The van der Waals surface area contributed by atoms with Crippen molar-refractivity contribution in [3.05, 3.63) is 195 Å². The van der Waals surface area contributed by atoms with Crippen LogP contribution in [0.4, 0.5) is 5.69 Å². The average molecular weight is 1160 g/mol. The van der Waals surface area contributed by atoms with Gasteiger partial charge in [0.25, 0.3) is 0 Å². The summed E-state index contributed by atoms with van der Waals surface area (Å²) in [6.45, 7) is 22.6. The number of carbonyl (C=O) groups excluding carboxylic acids is 2. The molecule has 2 amide bonds. The van der Waals surface area contributed by atoms with Crippen LogP contribution in [-0.2, 0) is 35.8 Å². The van der Waals surface area contributed by atoms with E-state index in [0.717, 1.165) is 66.3 Å². The second-order valence-corrected chi connectivity index (χ2v) is 29.9. The van der Waals surface area contributed by atoms with Crippen LogP contribution >= 0.6 is 0 Å². The molecule has 7 aromatic rings. The number of nitrogens with zero attached hydrogens (tertiary/aromatic N) is 3. The third-order valence-corrected chi connectivity index (χ3v) is 20.5. The molecular weight excluding hydrogens is 1070 g/mol. The smallest absolute Gasteiger partial charge is 0.423 e. The molecule has 0 saturated carbocycles. The normalized spacial score (nSPS) is 14.5. The molecule has 0 unspecified atom stereocenters. The molecule has 0 atom stereocenters. The van der Waals surface area contributed by atoms with Crippen molar-refractivity contribution in [3.63, 3.8) is 0 Å². The average Bonchev–Trinajstić information content (AvgIpc) is 1.35. The second-order valence-electron chi connectivity index (χ2n) is 25.5. The Kier molecular flexibility index (Phi) is 19.2. The van der Waals surface area contributed by atoms with Crippen molar-refractivity contribution in [1.29, 1.82) is 0 Å². The fourth-order valence-corrected chi connectivity index (χ4v) is 15.2. The molecule has 9 rings (SSSR count). The predicted molar refractivity (Wildman–Crippen MR) is 356 cm³/mol. The monoisotopic (exact) mass is 1150 g/mol. The molecule has 2 aliphatic rings. The Morgan fingerprint density at radius 1 is 0.588 bits per heavy atom. The summed E-state index contributed by atoms with van der Waals surface area (Å²) in [6, 6.07) is 44.1. The zero-order valence-corrected chi connectivity index (χ0v) is 52.5. The number of carbonyl (C=O) groups is 2. The number of hydrogen-bond acceptors (Lipinski definition) is 10. The lowest BCUT2D eigenvalue weighted by Gasteiger charge is -2.38. The van der Waals surface area contributed by atoms with Crippen molar-refractivity contribution < 1.29 is 29.7 Å². The summed E-state index contributed by atoms with van der Waals surface area (Å²) < 4.78 is 0. The van der Waals surface area contributed by atoms with Crippen molar-refractivity contribution in [3.8, 4) is 11.1 Å². The lowest BCUT2D eigenvalue weighted by Crippen LogP contribution is -2.49. The first kappa shape index (κ1) is 62.3. The van der Waals surface area contributed by atoms with Gasteiger partial charge >= 0.3 is 14.2 Å². The number of benzene rings is 7. The quantitative estimate of drug-likeness (QED) is 0.0211. The first-order chi connectivity index (χ1) is 40.5. The Bertz CT molecular complexity index is 3780. The molecule has 7 N–H and O–H groups in total. The number of allylic oxidation sites excluding steroid dienone is 5. The minimum Gasteiger partial charge on any atom is -0.423 e. The molecular formula is C70H84B2N6O6Si. The van der Waals surface area contributed by atoms with Gasteiger partial charge in [0.05, 0.1) is 5.71 Å². The topological polar surface area (TPSA) is 170 Å². The summed E-state index contributed by atoms with van der Waals surface area (Å²) in [6.07, 6.45) is 8.03. The zero-order chi connectivity index (χ0) is 61.0. The summed E-state index contributed by atoms with van der Waals surface area (Å²) in [5, 5.41) is 59.3. The van der Waals surface area contributed by atoms with Crippen LogP contribution in [0, 0.1) is 17.8 Å². The maximum absolute atomic E-state index is 13.1. The minimum atomic E-state index is -2.21. The highest BCUT2D eigenvalue weighted by molar-refractivity contribution is 6.98. The largest absolute Gasteiger partial charge is 0.488 e. The van der Waals surface area contributed by atoms with Crippen LogP contribution in [0.15, 0.2) is 161 Å². The van der Waals surface area contributed by atoms with Gasteiger partial charge in [-0.15, -0.1) is 0 Å². The molecule has 1 heterocycles. The SMILES string of the molecule is CN=C1C=CC2=C(c3cc(-c4ccc5c(CN(CCCNC(=O)C(C)(C)C)Cc6ccccc6B(O)O)c6ccccc6c(CN(CCCNC(=O)C(C)(C)C)Cc6ccccc6B(O)O)c5c4)ccc3C)c3ccc(NC)cc3[Si](C)(C)C2=C1. The molecule has 0 aromatic heterocycles. The number of aryl methyl sites for hydroxylation is 1. The Balaban J connectivity index is 1.23. The van der Waals surface area contributed by atoms with Gasteiger partial charge in [-0.3, -0.25) is 24.4 Å². The lowest BCUT2D eigenvalue weighted by molar-refractivity contribution is -0.129. The Morgan fingerprint density at radius 3 is 1.62 bits per heavy atom. The number of fused-ring (bicyclic) bond motifs is 4. The van der Waals surface area contributed by atoms with E-state index < -0.39 is 33.1 Å². The van der Waals surface area contributed by atoms with Crippen LogP contribution in [-0.4, -0.2) is 110 Å². The van der Waals surface area contributed by atoms with Crippen molar-refractivity contribution in [1.82, 2.24) is 20.4 Å². The molecule has 0 spiro atoms. The van der Waals surface area contributed by atoms with Gasteiger partial charge in [0, 0.05) is 83.0 Å². The minimum absolute atomic E-state index is 0.0146. The Morgan fingerprint density at radius 2 is 1.09 bits per heavy atom.